The average molecular weight is 286 g/mol. The monoisotopic (exact) mass is 286 g/mol. The molecule has 0 spiro atoms. The predicted octanol–water partition coefficient (Wildman–Crippen LogP) is 2.44. The number of amides is 1. The second-order valence-corrected chi connectivity index (χ2v) is 4.54. The summed E-state index contributed by atoms with van der Waals surface area (Å²) in [5.41, 5.74) is 1.73. The summed E-state index contributed by atoms with van der Waals surface area (Å²) in [5.74, 6) is -1.31. The molecule has 1 amide bonds. The van der Waals surface area contributed by atoms with Crippen LogP contribution in [-0.4, -0.2) is 10.9 Å². The highest BCUT2D eigenvalue weighted by Gasteiger charge is 2.09. The van der Waals surface area contributed by atoms with Crippen molar-refractivity contribution in [3.63, 3.8) is 0 Å². The molecule has 1 heterocycles. The number of hydrogen-bond donors (Lipinski definition) is 2. The van der Waals surface area contributed by atoms with Crippen LogP contribution in [0.3, 0.4) is 0 Å². The SMILES string of the molecule is O=C(Cc1ccccc1F)Nc1ccc2oc(=O)[nH]c2c1. The molecule has 2 N–H and O–H groups in total. The van der Waals surface area contributed by atoms with E-state index in [9.17, 15) is 14.0 Å². The van der Waals surface area contributed by atoms with Crippen LogP contribution in [0.5, 0.6) is 0 Å². The van der Waals surface area contributed by atoms with E-state index in [2.05, 4.69) is 10.3 Å². The Bertz CT molecular complexity index is 866. The van der Waals surface area contributed by atoms with Crippen molar-refractivity contribution in [2.24, 2.45) is 0 Å². The first-order chi connectivity index (χ1) is 10.1. The largest absolute Gasteiger partial charge is 0.417 e. The first-order valence-corrected chi connectivity index (χ1v) is 6.28. The van der Waals surface area contributed by atoms with E-state index in [1.165, 1.54) is 6.07 Å². The molecule has 0 atom stereocenters. The Kier molecular flexibility index (Phi) is 3.27. The van der Waals surface area contributed by atoms with Gasteiger partial charge in [0.05, 0.1) is 11.9 Å². The summed E-state index contributed by atoms with van der Waals surface area (Å²) in [5, 5.41) is 2.65. The van der Waals surface area contributed by atoms with Crippen LogP contribution in [0, 0.1) is 5.82 Å². The van der Waals surface area contributed by atoms with Gasteiger partial charge in [0.15, 0.2) is 5.58 Å². The number of hydrogen-bond acceptors (Lipinski definition) is 3. The van der Waals surface area contributed by atoms with Crippen molar-refractivity contribution in [2.75, 3.05) is 5.32 Å². The molecule has 0 fully saturated rings. The van der Waals surface area contributed by atoms with Crippen molar-refractivity contribution in [1.29, 1.82) is 0 Å². The number of aromatic nitrogens is 1. The third kappa shape index (κ3) is 2.84. The van der Waals surface area contributed by atoms with Crippen LogP contribution in [0.4, 0.5) is 10.1 Å². The minimum absolute atomic E-state index is 0.0629. The van der Waals surface area contributed by atoms with Crippen molar-refractivity contribution in [3.05, 3.63) is 64.4 Å². The molecule has 1 aromatic heterocycles. The van der Waals surface area contributed by atoms with E-state index >= 15 is 0 Å². The van der Waals surface area contributed by atoms with E-state index in [0.29, 0.717) is 22.4 Å². The first-order valence-electron chi connectivity index (χ1n) is 6.28. The molecule has 3 rings (SSSR count). The van der Waals surface area contributed by atoms with Gasteiger partial charge in [0.1, 0.15) is 5.82 Å². The van der Waals surface area contributed by atoms with Gasteiger partial charge in [-0.2, -0.15) is 0 Å². The maximum absolute atomic E-state index is 13.5. The number of H-pyrrole nitrogens is 1. The van der Waals surface area contributed by atoms with Gasteiger partial charge in [-0.15, -0.1) is 0 Å². The zero-order valence-corrected chi connectivity index (χ0v) is 10.9. The van der Waals surface area contributed by atoms with Crippen LogP contribution < -0.4 is 11.1 Å². The molecule has 0 saturated heterocycles. The first kappa shape index (κ1) is 13.1. The van der Waals surface area contributed by atoms with Gasteiger partial charge in [-0.3, -0.25) is 9.78 Å². The summed E-state index contributed by atoms with van der Waals surface area (Å²) in [6.45, 7) is 0. The molecule has 0 aliphatic heterocycles. The molecular weight excluding hydrogens is 275 g/mol. The van der Waals surface area contributed by atoms with Crippen LogP contribution in [0.2, 0.25) is 0 Å². The number of benzene rings is 2. The van der Waals surface area contributed by atoms with Crippen molar-refractivity contribution in [2.45, 2.75) is 6.42 Å². The van der Waals surface area contributed by atoms with Crippen molar-refractivity contribution in [1.82, 2.24) is 4.98 Å². The topological polar surface area (TPSA) is 75.1 Å². The van der Waals surface area contributed by atoms with Crippen LogP contribution >= 0.6 is 0 Å². The molecule has 6 heteroatoms. The number of oxazole rings is 1. The molecule has 21 heavy (non-hydrogen) atoms. The molecule has 0 aliphatic carbocycles. The molecule has 106 valence electrons. The van der Waals surface area contributed by atoms with Crippen molar-refractivity contribution in [3.8, 4) is 0 Å². The van der Waals surface area contributed by atoms with Gasteiger partial charge >= 0.3 is 5.76 Å². The number of carbonyl (C=O) groups excluding carboxylic acids is 1. The summed E-state index contributed by atoms with van der Waals surface area (Å²) in [6.07, 6.45) is -0.0629. The molecule has 5 nitrogen and oxygen atoms in total. The van der Waals surface area contributed by atoms with Crippen molar-refractivity contribution < 1.29 is 13.6 Å². The highest BCUT2D eigenvalue weighted by molar-refractivity contribution is 5.94. The van der Waals surface area contributed by atoms with Crippen LogP contribution in [0.1, 0.15) is 5.56 Å². The Morgan fingerprint density at radius 1 is 1.24 bits per heavy atom. The summed E-state index contributed by atoms with van der Waals surface area (Å²) in [7, 11) is 0. The molecule has 0 bridgehead atoms. The summed E-state index contributed by atoms with van der Waals surface area (Å²) in [6, 6.07) is 10.9. The number of halogens is 1. The lowest BCUT2D eigenvalue weighted by molar-refractivity contribution is -0.115. The number of fused-ring (bicyclic) bond motifs is 1. The lowest BCUT2D eigenvalue weighted by atomic mass is 10.1. The van der Waals surface area contributed by atoms with E-state index in [4.69, 9.17) is 4.42 Å². The smallest absolute Gasteiger partial charge is 0.408 e. The third-order valence-electron chi connectivity index (χ3n) is 3.01. The minimum Gasteiger partial charge on any atom is -0.408 e. The number of aromatic amines is 1. The number of nitrogens with one attached hydrogen (secondary N) is 2. The van der Waals surface area contributed by atoms with Gasteiger partial charge in [-0.05, 0) is 29.8 Å². The number of anilines is 1. The fourth-order valence-electron chi connectivity index (χ4n) is 2.05. The fraction of sp³-hybridized carbons (Fsp3) is 0.0667. The molecular formula is C15H11FN2O3. The molecule has 3 aromatic rings. The van der Waals surface area contributed by atoms with Gasteiger partial charge in [-0.1, -0.05) is 18.2 Å². The van der Waals surface area contributed by atoms with Gasteiger partial charge in [0, 0.05) is 5.69 Å². The van der Waals surface area contributed by atoms with E-state index in [1.807, 2.05) is 0 Å². The van der Waals surface area contributed by atoms with E-state index in [1.54, 1.807) is 36.4 Å². The van der Waals surface area contributed by atoms with E-state index in [-0.39, 0.29) is 12.3 Å². The standard InChI is InChI=1S/C15H11FN2O3/c16-11-4-2-1-3-9(11)7-14(19)17-10-5-6-13-12(8-10)18-15(20)21-13/h1-6,8H,7H2,(H,17,19)(H,18,20). The molecule has 0 saturated carbocycles. The van der Waals surface area contributed by atoms with Crippen LogP contribution in [0.15, 0.2) is 51.7 Å². The highest BCUT2D eigenvalue weighted by Crippen LogP contribution is 2.16. The summed E-state index contributed by atoms with van der Waals surface area (Å²) < 4.78 is 18.3. The zero-order valence-electron chi connectivity index (χ0n) is 10.9. The molecule has 2 aromatic carbocycles. The zero-order chi connectivity index (χ0) is 14.8. The Morgan fingerprint density at radius 2 is 2.05 bits per heavy atom. The molecule has 0 unspecified atom stereocenters. The molecule has 0 radical (unpaired) electrons. The quantitative estimate of drug-likeness (QED) is 0.776. The van der Waals surface area contributed by atoms with Crippen LogP contribution in [-0.2, 0) is 11.2 Å². The molecule has 0 aliphatic rings. The third-order valence-corrected chi connectivity index (χ3v) is 3.01. The second-order valence-electron chi connectivity index (χ2n) is 4.54. The maximum atomic E-state index is 13.5. The van der Waals surface area contributed by atoms with Crippen LogP contribution in [0.25, 0.3) is 11.1 Å². The Labute approximate surface area is 118 Å². The summed E-state index contributed by atoms with van der Waals surface area (Å²) in [4.78, 5) is 25.4. The van der Waals surface area contributed by atoms with Gasteiger partial charge in [0.2, 0.25) is 5.91 Å². The Balaban J connectivity index is 1.77. The lowest BCUT2D eigenvalue weighted by Crippen LogP contribution is -2.15. The van der Waals surface area contributed by atoms with Gasteiger partial charge in [-0.25, -0.2) is 9.18 Å². The average Bonchev–Trinajstić information content (AvgIpc) is 2.80. The predicted molar refractivity (Wildman–Crippen MR) is 75.6 cm³/mol. The highest BCUT2D eigenvalue weighted by atomic mass is 19.1. The minimum atomic E-state index is -0.556. The van der Waals surface area contributed by atoms with E-state index < -0.39 is 11.6 Å². The number of rotatable bonds is 3. The maximum Gasteiger partial charge on any atom is 0.417 e. The Morgan fingerprint density at radius 3 is 2.86 bits per heavy atom. The Hall–Kier alpha value is -2.89. The lowest BCUT2D eigenvalue weighted by Gasteiger charge is -2.06. The van der Waals surface area contributed by atoms with Gasteiger partial charge < -0.3 is 9.73 Å². The van der Waals surface area contributed by atoms with Crippen molar-refractivity contribution >= 4 is 22.7 Å². The normalized spacial score (nSPS) is 10.7. The fourth-order valence-corrected chi connectivity index (χ4v) is 2.05. The summed E-state index contributed by atoms with van der Waals surface area (Å²) >= 11 is 0. The van der Waals surface area contributed by atoms with Gasteiger partial charge in [0.25, 0.3) is 0 Å². The second kappa shape index (κ2) is 5.24. The number of carbonyl (C=O) groups is 1. The van der Waals surface area contributed by atoms with E-state index in [0.717, 1.165) is 0 Å².